The molecule has 180 valence electrons. The van der Waals surface area contributed by atoms with Gasteiger partial charge in [0.1, 0.15) is 11.5 Å². The van der Waals surface area contributed by atoms with Crippen molar-refractivity contribution in [2.24, 2.45) is 0 Å². The van der Waals surface area contributed by atoms with Crippen molar-refractivity contribution in [3.8, 4) is 22.6 Å². The van der Waals surface area contributed by atoms with Crippen LogP contribution in [0.2, 0.25) is 0 Å². The van der Waals surface area contributed by atoms with Gasteiger partial charge in [0.2, 0.25) is 11.9 Å². The van der Waals surface area contributed by atoms with Crippen molar-refractivity contribution in [1.82, 2.24) is 29.2 Å². The van der Waals surface area contributed by atoms with Crippen LogP contribution in [0, 0.1) is 5.82 Å². The standard InChI is InChI=1S/C26H28FN7O/c1-28-26-29-11-9-21(30-26)25-24(19-5-7-20(27)8-6-19)31-22-15-18(10-14-34(22)25)16-32(2)17-23(35)33-12-3-4-13-33/h5-11,14-15H,3-4,12-13,16-17H2,1-2H3,(H,28,29,30). The molecule has 8 nitrogen and oxygen atoms in total. The van der Waals surface area contributed by atoms with E-state index in [1.54, 1.807) is 25.4 Å². The fraction of sp³-hybridized carbons (Fsp3) is 0.308. The molecule has 0 radical (unpaired) electrons. The molecule has 0 unspecified atom stereocenters. The van der Waals surface area contributed by atoms with E-state index in [1.165, 1.54) is 12.1 Å². The number of benzene rings is 1. The Bertz CT molecular complexity index is 1350. The van der Waals surface area contributed by atoms with Crippen molar-refractivity contribution < 1.29 is 9.18 Å². The number of carbonyl (C=O) groups is 1. The molecular formula is C26H28FN7O. The van der Waals surface area contributed by atoms with Gasteiger partial charge >= 0.3 is 0 Å². The Balaban J connectivity index is 1.49. The van der Waals surface area contributed by atoms with Crippen LogP contribution in [0.3, 0.4) is 0 Å². The number of halogens is 1. The number of likely N-dealkylation sites (N-methyl/N-ethyl adjacent to an activating group) is 1. The first kappa shape index (κ1) is 22.9. The molecule has 5 rings (SSSR count). The van der Waals surface area contributed by atoms with Gasteiger partial charge in [0.25, 0.3) is 0 Å². The van der Waals surface area contributed by atoms with E-state index >= 15 is 0 Å². The second kappa shape index (κ2) is 9.79. The molecule has 1 amide bonds. The second-order valence-corrected chi connectivity index (χ2v) is 8.85. The van der Waals surface area contributed by atoms with Gasteiger partial charge < -0.3 is 10.2 Å². The van der Waals surface area contributed by atoms with E-state index in [0.29, 0.717) is 30.4 Å². The number of pyridine rings is 1. The first-order chi connectivity index (χ1) is 17.0. The maximum Gasteiger partial charge on any atom is 0.236 e. The first-order valence-corrected chi connectivity index (χ1v) is 11.8. The Labute approximate surface area is 203 Å². The van der Waals surface area contributed by atoms with Gasteiger partial charge in [-0.2, -0.15) is 0 Å². The molecule has 3 aromatic heterocycles. The minimum Gasteiger partial charge on any atom is -0.357 e. The van der Waals surface area contributed by atoms with Crippen molar-refractivity contribution in [2.75, 3.05) is 39.0 Å². The van der Waals surface area contributed by atoms with Crippen molar-refractivity contribution in [3.05, 3.63) is 66.2 Å². The topological polar surface area (TPSA) is 78.7 Å². The van der Waals surface area contributed by atoms with E-state index in [1.807, 2.05) is 45.6 Å². The SMILES string of the molecule is CNc1nccc(-c2c(-c3ccc(F)cc3)nc3cc(CN(C)CC(=O)N4CCCC4)ccn23)n1. The van der Waals surface area contributed by atoms with E-state index < -0.39 is 0 Å². The summed E-state index contributed by atoms with van der Waals surface area (Å²) in [6, 6.07) is 12.2. The van der Waals surface area contributed by atoms with E-state index in [4.69, 9.17) is 4.98 Å². The van der Waals surface area contributed by atoms with Crippen LogP contribution < -0.4 is 5.32 Å². The smallest absolute Gasteiger partial charge is 0.236 e. The van der Waals surface area contributed by atoms with Gasteiger partial charge in [-0.1, -0.05) is 0 Å². The molecule has 4 heterocycles. The van der Waals surface area contributed by atoms with Crippen molar-refractivity contribution >= 4 is 17.5 Å². The van der Waals surface area contributed by atoms with Gasteiger partial charge in [0, 0.05) is 44.6 Å². The summed E-state index contributed by atoms with van der Waals surface area (Å²) in [6.45, 7) is 2.74. The van der Waals surface area contributed by atoms with Gasteiger partial charge in [0.15, 0.2) is 0 Å². The lowest BCUT2D eigenvalue weighted by molar-refractivity contribution is -0.131. The van der Waals surface area contributed by atoms with E-state index in [0.717, 1.165) is 48.4 Å². The Kier molecular flexibility index (Phi) is 6.41. The Morgan fingerprint density at radius 3 is 2.63 bits per heavy atom. The van der Waals surface area contributed by atoms with Crippen molar-refractivity contribution in [1.29, 1.82) is 0 Å². The van der Waals surface area contributed by atoms with Crippen LogP contribution in [0.15, 0.2) is 54.9 Å². The minimum absolute atomic E-state index is 0.178. The molecule has 0 aliphatic carbocycles. The zero-order valence-corrected chi connectivity index (χ0v) is 19.9. The third kappa shape index (κ3) is 4.85. The number of hydrogen-bond acceptors (Lipinski definition) is 6. The highest BCUT2D eigenvalue weighted by Gasteiger charge is 2.20. The summed E-state index contributed by atoms with van der Waals surface area (Å²) in [5.74, 6) is 0.382. The summed E-state index contributed by atoms with van der Waals surface area (Å²) < 4.78 is 15.6. The normalized spacial score (nSPS) is 13.7. The monoisotopic (exact) mass is 473 g/mol. The lowest BCUT2D eigenvalue weighted by Crippen LogP contribution is -2.36. The van der Waals surface area contributed by atoms with Crippen LogP contribution in [0.4, 0.5) is 10.3 Å². The third-order valence-corrected chi connectivity index (χ3v) is 6.25. The predicted octanol–water partition coefficient (Wildman–Crippen LogP) is 3.69. The quantitative estimate of drug-likeness (QED) is 0.441. The average Bonchev–Trinajstić information content (AvgIpc) is 3.53. The average molecular weight is 474 g/mol. The lowest BCUT2D eigenvalue weighted by atomic mass is 10.1. The Morgan fingerprint density at radius 2 is 1.89 bits per heavy atom. The third-order valence-electron chi connectivity index (χ3n) is 6.25. The van der Waals surface area contributed by atoms with Crippen molar-refractivity contribution in [3.63, 3.8) is 0 Å². The van der Waals surface area contributed by atoms with E-state index in [-0.39, 0.29) is 11.7 Å². The lowest BCUT2D eigenvalue weighted by Gasteiger charge is -2.21. The Hall–Kier alpha value is -3.85. The highest BCUT2D eigenvalue weighted by molar-refractivity contribution is 5.81. The number of rotatable bonds is 7. The summed E-state index contributed by atoms with van der Waals surface area (Å²) in [4.78, 5) is 30.2. The maximum absolute atomic E-state index is 13.6. The fourth-order valence-electron chi connectivity index (χ4n) is 4.52. The van der Waals surface area contributed by atoms with Crippen LogP contribution in [-0.2, 0) is 11.3 Å². The molecule has 1 fully saturated rings. The molecule has 1 N–H and O–H groups in total. The van der Waals surface area contributed by atoms with Crippen LogP contribution in [-0.4, -0.2) is 68.8 Å². The number of nitrogens with one attached hydrogen (secondary N) is 1. The Morgan fingerprint density at radius 1 is 1.11 bits per heavy atom. The van der Waals surface area contributed by atoms with Gasteiger partial charge in [-0.3, -0.25) is 14.1 Å². The number of hydrogen-bond donors (Lipinski definition) is 1. The number of aromatic nitrogens is 4. The number of amides is 1. The first-order valence-electron chi connectivity index (χ1n) is 11.8. The molecule has 0 bridgehead atoms. The van der Waals surface area contributed by atoms with Gasteiger partial charge in [-0.05, 0) is 67.9 Å². The van der Waals surface area contributed by atoms with Gasteiger partial charge in [-0.15, -0.1) is 0 Å². The van der Waals surface area contributed by atoms with Crippen LogP contribution in [0.25, 0.3) is 28.3 Å². The molecule has 1 aromatic carbocycles. The van der Waals surface area contributed by atoms with Gasteiger partial charge in [-0.25, -0.2) is 19.3 Å². The number of likely N-dealkylation sites (tertiary alicyclic amines) is 1. The van der Waals surface area contributed by atoms with Crippen LogP contribution in [0.5, 0.6) is 0 Å². The summed E-state index contributed by atoms with van der Waals surface area (Å²) in [5, 5.41) is 2.97. The zero-order chi connectivity index (χ0) is 24.4. The summed E-state index contributed by atoms with van der Waals surface area (Å²) in [5.41, 5.74) is 4.81. The molecule has 1 saturated heterocycles. The molecule has 1 aliphatic heterocycles. The molecule has 35 heavy (non-hydrogen) atoms. The molecule has 4 aromatic rings. The molecule has 9 heteroatoms. The van der Waals surface area contributed by atoms with Crippen molar-refractivity contribution in [2.45, 2.75) is 19.4 Å². The minimum atomic E-state index is -0.299. The molecule has 0 spiro atoms. The maximum atomic E-state index is 13.6. The number of fused-ring (bicyclic) bond motifs is 1. The molecule has 0 atom stereocenters. The number of imidazole rings is 1. The highest BCUT2D eigenvalue weighted by Crippen LogP contribution is 2.32. The molecule has 0 saturated carbocycles. The summed E-state index contributed by atoms with van der Waals surface area (Å²) >= 11 is 0. The van der Waals surface area contributed by atoms with E-state index in [2.05, 4.69) is 15.3 Å². The second-order valence-electron chi connectivity index (χ2n) is 8.85. The van der Waals surface area contributed by atoms with E-state index in [9.17, 15) is 9.18 Å². The summed E-state index contributed by atoms with van der Waals surface area (Å²) in [7, 11) is 3.73. The molecule has 1 aliphatic rings. The predicted molar refractivity (Wildman–Crippen MR) is 133 cm³/mol. The number of carbonyl (C=O) groups excluding carboxylic acids is 1. The number of anilines is 1. The molecular weight excluding hydrogens is 445 g/mol. The number of nitrogens with zero attached hydrogens (tertiary/aromatic N) is 6. The summed E-state index contributed by atoms with van der Waals surface area (Å²) in [6.07, 6.45) is 5.85. The fourth-order valence-corrected chi connectivity index (χ4v) is 4.52. The zero-order valence-electron chi connectivity index (χ0n) is 19.9. The van der Waals surface area contributed by atoms with Crippen LogP contribution in [0.1, 0.15) is 18.4 Å². The van der Waals surface area contributed by atoms with Gasteiger partial charge in [0.05, 0.1) is 23.6 Å². The van der Waals surface area contributed by atoms with Crippen LogP contribution >= 0.6 is 0 Å². The largest absolute Gasteiger partial charge is 0.357 e. The highest BCUT2D eigenvalue weighted by atomic mass is 19.1.